The predicted octanol–water partition coefficient (Wildman–Crippen LogP) is 9.62. The molecule has 0 atom stereocenters. The third-order valence-corrected chi connectivity index (χ3v) is 7.13. The largest absolute Gasteiger partial charge is 0.339 e. The van der Waals surface area contributed by atoms with Gasteiger partial charge in [0.2, 0.25) is 0 Å². The first kappa shape index (κ1) is 21.3. The van der Waals surface area contributed by atoms with Crippen molar-refractivity contribution in [1.82, 2.24) is 4.98 Å². The highest BCUT2D eigenvalue weighted by molar-refractivity contribution is 6.23. The molecule has 7 rings (SSSR count). The molecule has 0 radical (unpaired) electrons. The summed E-state index contributed by atoms with van der Waals surface area (Å²) in [5, 5.41) is 11.1. The van der Waals surface area contributed by atoms with E-state index in [1.54, 1.807) is 0 Å². The normalized spacial score (nSPS) is 11.2. The first-order chi connectivity index (χ1) is 18.4. The Morgan fingerprint density at radius 1 is 0.432 bits per heavy atom. The van der Waals surface area contributed by atoms with Crippen LogP contribution >= 0.6 is 0 Å². The summed E-state index contributed by atoms with van der Waals surface area (Å²) < 4.78 is 0. The fourth-order valence-electron chi connectivity index (χ4n) is 5.47. The molecule has 0 saturated heterocycles. The number of rotatable bonds is 4. The molecular formula is C35H24N2. The molecule has 0 fully saturated rings. The molecule has 2 nitrogen and oxygen atoms in total. The Bertz CT molecular complexity index is 1840. The Hall–Kier alpha value is -4.95. The van der Waals surface area contributed by atoms with E-state index in [1.807, 2.05) is 18.3 Å². The minimum Gasteiger partial charge on any atom is -0.339 e. The quantitative estimate of drug-likeness (QED) is 0.258. The molecule has 1 aromatic heterocycles. The number of hydrogen-bond donors (Lipinski definition) is 1. The van der Waals surface area contributed by atoms with Crippen LogP contribution in [0.5, 0.6) is 0 Å². The maximum atomic E-state index is 4.77. The van der Waals surface area contributed by atoms with E-state index in [2.05, 4.69) is 127 Å². The lowest BCUT2D eigenvalue weighted by atomic mass is 9.88. The van der Waals surface area contributed by atoms with Gasteiger partial charge in [0.05, 0.1) is 5.69 Å². The van der Waals surface area contributed by atoms with Crippen LogP contribution in [-0.2, 0) is 0 Å². The lowest BCUT2D eigenvalue weighted by molar-refractivity contribution is 1.31. The SMILES string of the molecule is c1ccc(-c2cccnc2Nc2c3ccccc3c(-c3cccc4ccccc34)c3ccccc23)cc1. The summed E-state index contributed by atoms with van der Waals surface area (Å²) in [5.41, 5.74) is 5.80. The molecule has 0 unspecified atom stereocenters. The third kappa shape index (κ3) is 3.62. The van der Waals surface area contributed by atoms with Crippen molar-refractivity contribution in [2.45, 2.75) is 0 Å². The van der Waals surface area contributed by atoms with E-state index >= 15 is 0 Å². The van der Waals surface area contributed by atoms with Gasteiger partial charge >= 0.3 is 0 Å². The van der Waals surface area contributed by atoms with E-state index in [4.69, 9.17) is 4.98 Å². The van der Waals surface area contributed by atoms with Crippen molar-refractivity contribution in [3.05, 3.63) is 140 Å². The lowest BCUT2D eigenvalue weighted by Gasteiger charge is -2.20. The molecule has 0 aliphatic heterocycles. The molecule has 0 saturated carbocycles. The van der Waals surface area contributed by atoms with Crippen LogP contribution in [0.4, 0.5) is 11.5 Å². The smallest absolute Gasteiger partial charge is 0.138 e. The highest BCUT2D eigenvalue weighted by atomic mass is 15.0. The van der Waals surface area contributed by atoms with Crippen molar-refractivity contribution < 1.29 is 0 Å². The highest BCUT2D eigenvalue weighted by Gasteiger charge is 2.18. The van der Waals surface area contributed by atoms with Gasteiger partial charge in [-0.3, -0.25) is 0 Å². The minimum atomic E-state index is 0.849. The molecule has 7 aromatic rings. The molecule has 1 N–H and O–H groups in total. The topological polar surface area (TPSA) is 24.9 Å². The summed E-state index contributed by atoms with van der Waals surface area (Å²) in [7, 11) is 0. The lowest BCUT2D eigenvalue weighted by Crippen LogP contribution is -1.99. The van der Waals surface area contributed by atoms with Crippen LogP contribution in [0.25, 0.3) is 54.6 Å². The summed E-state index contributed by atoms with van der Waals surface area (Å²) in [6.45, 7) is 0. The number of hydrogen-bond acceptors (Lipinski definition) is 2. The summed E-state index contributed by atoms with van der Waals surface area (Å²) in [4.78, 5) is 4.77. The average molecular weight is 473 g/mol. The van der Waals surface area contributed by atoms with Crippen LogP contribution in [0.2, 0.25) is 0 Å². The van der Waals surface area contributed by atoms with Crippen LogP contribution in [0.1, 0.15) is 0 Å². The van der Waals surface area contributed by atoms with Gasteiger partial charge in [0, 0.05) is 22.5 Å². The van der Waals surface area contributed by atoms with Crippen LogP contribution < -0.4 is 5.32 Å². The van der Waals surface area contributed by atoms with E-state index in [0.717, 1.165) is 22.6 Å². The van der Waals surface area contributed by atoms with Gasteiger partial charge in [0.15, 0.2) is 0 Å². The number of anilines is 2. The highest BCUT2D eigenvalue weighted by Crippen LogP contribution is 2.45. The average Bonchev–Trinajstić information content (AvgIpc) is 2.98. The van der Waals surface area contributed by atoms with Gasteiger partial charge in [0.25, 0.3) is 0 Å². The van der Waals surface area contributed by atoms with Crippen LogP contribution in [0.3, 0.4) is 0 Å². The van der Waals surface area contributed by atoms with Crippen LogP contribution in [0.15, 0.2) is 140 Å². The second-order valence-corrected chi connectivity index (χ2v) is 9.26. The number of nitrogens with zero attached hydrogens (tertiary/aromatic N) is 1. The molecule has 6 aromatic carbocycles. The third-order valence-electron chi connectivity index (χ3n) is 7.13. The summed E-state index contributed by atoms with van der Waals surface area (Å²) in [5.74, 6) is 0.849. The predicted molar refractivity (Wildman–Crippen MR) is 157 cm³/mol. The fraction of sp³-hybridized carbons (Fsp3) is 0. The first-order valence-electron chi connectivity index (χ1n) is 12.6. The Balaban J connectivity index is 1.53. The Morgan fingerprint density at radius 2 is 1.00 bits per heavy atom. The van der Waals surface area contributed by atoms with E-state index in [0.29, 0.717) is 0 Å². The Labute approximate surface area is 215 Å². The van der Waals surface area contributed by atoms with Gasteiger partial charge in [-0.2, -0.15) is 0 Å². The second kappa shape index (κ2) is 8.92. The number of aromatic nitrogens is 1. The van der Waals surface area contributed by atoms with E-state index < -0.39 is 0 Å². The molecule has 1 heterocycles. The van der Waals surface area contributed by atoms with Gasteiger partial charge in [-0.25, -0.2) is 4.98 Å². The fourth-order valence-corrected chi connectivity index (χ4v) is 5.47. The molecule has 37 heavy (non-hydrogen) atoms. The Morgan fingerprint density at radius 3 is 1.73 bits per heavy atom. The van der Waals surface area contributed by atoms with Gasteiger partial charge in [-0.05, 0) is 50.4 Å². The molecule has 0 amide bonds. The van der Waals surface area contributed by atoms with Crippen molar-refractivity contribution in [3.8, 4) is 22.3 Å². The van der Waals surface area contributed by atoms with Crippen molar-refractivity contribution in [3.63, 3.8) is 0 Å². The van der Waals surface area contributed by atoms with Crippen molar-refractivity contribution in [2.75, 3.05) is 5.32 Å². The molecule has 0 bridgehead atoms. The maximum Gasteiger partial charge on any atom is 0.138 e. The second-order valence-electron chi connectivity index (χ2n) is 9.26. The molecule has 0 spiro atoms. The Kier molecular flexibility index (Phi) is 5.15. The monoisotopic (exact) mass is 472 g/mol. The van der Waals surface area contributed by atoms with Crippen molar-refractivity contribution in [1.29, 1.82) is 0 Å². The zero-order chi connectivity index (χ0) is 24.6. The number of nitrogens with one attached hydrogen (secondary N) is 1. The summed E-state index contributed by atoms with van der Waals surface area (Å²) in [6.07, 6.45) is 1.85. The number of pyridine rings is 1. The minimum absolute atomic E-state index is 0.849. The molecule has 2 heteroatoms. The van der Waals surface area contributed by atoms with Crippen LogP contribution in [-0.4, -0.2) is 4.98 Å². The maximum absolute atomic E-state index is 4.77. The standard InChI is InChI=1S/C35H24N2/c1-2-12-25(13-3-1)27-22-11-23-36-35(27)37-34-31-19-8-6-17-29(31)33(30-18-7-9-20-32(30)34)28-21-10-15-24-14-4-5-16-26(24)28/h1-23H,(H,36,37). The molecule has 174 valence electrons. The van der Waals surface area contributed by atoms with Crippen molar-refractivity contribution >= 4 is 43.8 Å². The number of fused-ring (bicyclic) bond motifs is 3. The van der Waals surface area contributed by atoms with Gasteiger partial charge < -0.3 is 5.32 Å². The van der Waals surface area contributed by atoms with Gasteiger partial charge in [-0.15, -0.1) is 0 Å². The van der Waals surface area contributed by atoms with Crippen LogP contribution in [0, 0.1) is 0 Å². The van der Waals surface area contributed by atoms with E-state index in [1.165, 1.54) is 43.4 Å². The zero-order valence-corrected chi connectivity index (χ0v) is 20.2. The van der Waals surface area contributed by atoms with Gasteiger partial charge in [-0.1, -0.05) is 121 Å². The number of benzene rings is 6. The molecular weight excluding hydrogens is 448 g/mol. The molecule has 0 aliphatic carbocycles. The van der Waals surface area contributed by atoms with E-state index in [9.17, 15) is 0 Å². The van der Waals surface area contributed by atoms with Crippen molar-refractivity contribution in [2.24, 2.45) is 0 Å². The molecule has 0 aliphatic rings. The zero-order valence-electron chi connectivity index (χ0n) is 20.2. The first-order valence-corrected chi connectivity index (χ1v) is 12.6. The summed E-state index contributed by atoms with van der Waals surface area (Å²) in [6, 6.07) is 47.2. The van der Waals surface area contributed by atoms with E-state index in [-0.39, 0.29) is 0 Å². The summed E-state index contributed by atoms with van der Waals surface area (Å²) >= 11 is 0. The van der Waals surface area contributed by atoms with Gasteiger partial charge in [0.1, 0.15) is 5.82 Å².